The molecule has 0 spiro atoms. The summed E-state index contributed by atoms with van der Waals surface area (Å²) in [7, 11) is 0. The zero-order valence-corrected chi connectivity index (χ0v) is 14.3. The number of amides is 1. The molecule has 2 aromatic rings. The summed E-state index contributed by atoms with van der Waals surface area (Å²) in [6.07, 6.45) is 0.836. The van der Waals surface area contributed by atoms with Crippen molar-refractivity contribution in [3.63, 3.8) is 0 Å². The van der Waals surface area contributed by atoms with Gasteiger partial charge in [0.15, 0.2) is 0 Å². The van der Waals surface area contributed by atoms with Crippen LogP contribution < -0.4 is 10.1 Å². The van der Waals surface area contributed by atoms with E-state index in [0.29, 0.717) is 19.4 Å². The monoisotopic (exact) mass is 336 g/mol. The zero-order chi connectivity index (χ0) is 16.8. The molecule has 1 atom stereocenters. The van der Waals surface area contributed by atoms with E-state index < -0.39 is 0 Å². The first kappa shape index (κ1) is 17.3. The molecule has 2 rings (SSSR count). The third-order valence-corrected chi connectivity index (χ3v) is 3.76. The summed E-state index contributed by atoms with van der Waals surface area (Å²) in [6, 6.07) is 7.73. The quantitative estimate of drug-likeness (QED) is 0.841. The van der Waals surface area contributed by atoms with Gasteiger partial charge >= 0.3 is 0 Å². The number of rotatable bonds is 7. The summed E-state index contributed by atoms with van der Waals surface area (Å²) in [5.41, 5.74) is 2.69. The van der Waals surface area contributed by atoms with Crippen molar-refractivity contribution in [1.29, 1.82) is 0 Å². The van der Waals surface area contributed by atoms with E-state index in [1.54, 1.807) is 6.92 Å². The molecule has 124 valence electrons. The van der Waals surface area contributed by atoms with Gasteiger partial charge in [0.25, 0.3) is 0 Å². The zero-order valence-electron chi connectivity index (χ0n) is 13.6. The van der Waals surface area contributed by atoms with E-state index in [1.165, 1.54) is 5.56 Å². The van der Waals surface area contributed by atoms with Gasteiger partial charge in [0.2, 0.25) is 11.1 Å². The third kappa shape index (κ3) is 5.28. The van der Waals surface area contributed by atoms with Crippen LogP contribution >= 0.6 is 11.6 Å². The van der Waals surface area contributed by atoms with Crippen molar-refractivity contribution in [2.24, 2.45) is 0 Å². The molecule has 0 unspecified atom stereocenters. The van der Waals surface area contributed by atoms with Gasteiger partial charge in [0, 0.05) is 12.0 Å². The van der Waals surface area contributed by atoms with Gasteiger partial charge in [-0.15, -0.1) is 0 Å². The second-order valence-electron chi connectivity index (χ2n) is 5.61. The molecule has 23 heavy (non-hydrogen) atoms. The average molecular weight is 337 g/mol. The Morgan fingerprint density at radius 2 is 2.04 bits per heavy atom. The first-order valence-electron chi connectivity index (χ1n) is 7.55. The topological polar surface area (TPSA) is 64.4 Å². The molecule has 1 heterocycles. The van der Waals surface area contributed by atoms with Crippen molar-refractivity contribution < 1.29 is 14.1 Å². The second kappa shape index (κ2) is 8.02. The fraction of sp³-hybridized carbons (Fsp3) is 0.412. The Morgan fingerprint density at radius 1 is 1.35 bits per heavy atom. The Bertz CT molecular complexity index is 633. The number of carbonyl (C=O) groups is 1. The molecule has 0 fully saturated rings. The highest BCUT2D eigenvalue weighted by molar-refractivity contribution is 6.29. The number of hydrogen-bond acceptors (Lipinski definition) is 4. The molecule has 5 nitrogen and oxygen atoms in total. The van der Waals surface area contributed by atoms with Crippen LogP contribution in [-0.4, -0.2) is 23.7 Å². The lowest BCUT2D eigenvalue weighted by Gasteiger charge is -2.15. The highest BCUT2D eigenvalue weighted by Crippen LogP contribution is 2.20. The van der Waals surface area contributed by atoms with Gasteiger partial charge < -0.3 is 14.6 Å². The molecule has 0 aliphatic heterocycles. The first-order valence-corrected chi connectivity index (χ1v) is 7.93. The van der Waals surface area contributed by atoms with Gasteiger partial charge in [-0.1, -0.05) is 22.9 Å². The lowest BCUT2D eigenvalue weighted by atomic mass is 10.1. The maximum Gasteiger partial charge on any atom is 0.229 e. The van der Waals surface area contributed by atoms with Gasteiger partial charge in [0.1, 0.15) is 12.4 Å². The van der Waals surface area contributed by atoms with Crippen molar-refractivity contribution in [2.75, 3.05) is 6.61 Å². The number of hydrogen-bond donors (Lipinski definition) is 1. The molecule has 0 aliphatic carbocycles. The molecule has 0 radical (unpaired) electrons. The SMILES string of the molecule is Cc1ccc(OC[C@@H](C)NC(=O)CCc2c(C)noc2Cl)cc1. The minimum atomic E-state index is -0.0807. The molecule has 1 amide bonds. The van der Waals surface area contributed by atoms with E-state index in [-0.39, 0.29) is 17.2 Å². The Labute approximate surface area is 141 Å². The summed E-state index contributed by atoms with van der Waals surface area (Å²) in [6.45, 7) is 6.16. The van der Waals surface area contributed by atoms with Crippen molar-refractivity contribution in [3.8, 4) is 5.75 Å². The number of benzene rings is 1. The van der Waals surface area contributed by atoms with Crippen LogP contribution in [0, 0.1) is 13.8 Å². The van der Waals surface area contributed by atoms with Crippen LogP contribution in [0.15, 0.2) is 28.8 Å². The third-order valence-electron chi connectivity index (χ3n) is 3.47. The van der Waals surface area contributed by atoms with E-state index in [4.69, 9.17) is 20.9 Å². The van der Waals surface area contributed by atoms with Crippen LogP contribution in [0.1, 0.15) is 30.2 Å². The molecule has 0 saturated carbocycles. The van der Waals surface area contributed by atoms with Crippen molar-refractivity contribution in [3.05, 3.63) is 46.3 Å². The van der Waals surface area contributed by atoms with E-state index in [0.717, 1.165) is 17.0 Å². The molecule has 6 heteroatoms. The molecule has 1 N–H and O–H groups in total. The highest BCUT2D eigenvalue weighted by Gasteiger charge is 2.14. The van der Waals surface area contributed by atoms with E-state index >= 15 is 0 Å². The lowest BCUT2D eigenvalue weighted by Crippen LogP contribution is -2.36. The predicted molar refractivity (Wildman–Crippen MR) is 88.8 cm³/mol. The fourth-order valence-electron chi connectivity index (χ4n) is 2.12. The summed E-state index contributed by atoms with van der Waals surface area (Å²) >= 11 is 5.88. The van der Waals surface area contributed by atoms with Crippen molar-refractivity contribution in [1.82, 2.24) is 10.5 Å². The number of aromatic nitrogens is 1. The lowest BCUT2D eigenvalue weighted by molar-refractivity contribution is -0.121. The summed E-state index contributed by atoms with van der Waals surface area (Å²) in [4.78, 5) is 12.0. The maximum atomic E-state index is 12.0. The summed E-state index contributed by atoms with van der Waals surface area (Å²) in [5, 5.41) is 6.93. The van der Waals surface area contributed by atoms with Gasteiger partial charge in [-0.05, 0) is 50.9 Å². The predicted octanol–water partition coefficient (Wildman–Crippen LogP) is 3.46. The Morgan fingerprint density at radius 3 is 2.65 bits per heavy atom. The van der Waals surface area contributed by atoms with Crippen LogP contribution in [0.4, 0.5) is 0 Å². The van der Waals surface area contributed by atoms with Crippen molar-refractivity contribution in [2.45, 2.75) is 39.7 Å². The number of halogens is 1. The summed E-state index contributed by atoms with van der Waals surface area (Å²) in [5.74, 6) is 0.741. The molecular formula is C17H21ClN2O3. The van der Waals surface area contributed by atoms with Gasteiger partial charge in [-0.2, -0.15) is 0 Å². The maximum absolute atomic E-state index is 12.0. The Kier molecular flexibility index (Phi) is 6.04. The Balaban J connectivity index is 1.73. The number of carbonyl (C=O) groups excluding carboxylic acids is 1. The van der Waals surface area contributed by atoms with E-state index in [1.807, 2.05) is 38.1 Å². The van der Waals surface area contributed by atoms with Gasteiger partial charge in [-0.3, -0.25) is 4.79 Å². The van der Waals surface area contributed by atoms with E-state index in [2.05, 4.69) is 10.5 Å². The van der Waals surface area contributed by atoms with Crippen LogP contribution in [-0.2, 0) is 11.2 Å². The van der Waals surface area contributed by atoms with E-state index in [9.17, 15) is 4.79 Å². The minimum absolute atomic E-state index is 0.0540. The van der Waals surface area contributed by atoms with Crippen LogP contribution in [0.2, 0.25) is 5.22 Å². The number of aryl methyl sites for hydroxylation is 2. The molecule has 1 aromatic heterocycles. The normalized spacial score (nSPS) is 12.0. The average Bonchev–Trinajstić information content (AvgIpc) is 2.83. The molecule has 0 aliphatic rings. The first-order chi connectivity index (χ1) is 11.0. The summed E-state index contributed by atoms with van der Waals surface area (Å²) < 4.78 is 10.5. The molecule has 0 saturated heterocycles. The van der Waals surface area contributed by atoms with Crippen LogP contribution in [0.3, 0.4) is 0 Å². The number of ether oxygens (including phenoxy) is 1. The molecule has 1 aromatic carbocycles. The van der Waals surface area contributed by atoms with Crippen LogP contribution in [0.5, 0.6) is 5.75 Å². The van der Waals surface area contributed by atoms with Gasteiger partial charge in [0.05, 0.1) is 11.7 Å². The second-order valence-corrected chi connectivity index (χ2v) is 5.96. The Hall–Kier alpha value is -2.01. The molecule has 0 bridgehead atoms. The number of nitrogens with zero attached hydrogens (tertiary/aromatic N) is 1. The highest BCUT2D eigenvalue weighted by atomic mass is 35.5. The fourth-order valence-corrected chi connectivity index (χ4v) is 2.39. The molecular weight excluding hydrogens is 316 g/mol. The van der Waals surface area contributed by atoms with Crippen molar-refractivity contribution >= 4 is 17.5 Å². The van der Waals surface area contributed by atoms with Crippen LogP contribution in [0.25, 0.3) is 0 Å². The largest absolute Gasteiger partial charge is 0.491 e. The number of nitrogens with one attached hydrogen (secondary N) is 1. The minimum Gasteiger partial charge on any atom is -0.491 e. The standard InChI is InChI=1S/C17H21ClN2O3/c1-11-4-6-14(7-5-11)22-10-12(2)19-16(21)9-8-15-13(3)20-23-17(15)18/h4-7,12H,8-10H2,1-3H3,(H,19,21)/t12-/m1/s1. The van der Waals surface area contributed by atoms with Gasteiger partial charge in [-0.25, -0.2) is 0 Å². The smallest absolute Gasteiger partial charge is 0.229 e.